The lowest BCUT2D eigenvalue weighted by atomic mass is 9.77. The summed E-state index contributed by atoms with van der Waals surface area (Å²) in [5, 5.41) is 3.49. The summed E-state index contributed by atoms with van der Waals surface area (Å²) in [7, 11) is 0. The van der Waals surface area contributed by atoms with Crippen LogP contribution in [-0.2, 0) is 0 Å². The van der Waals surface area contributed by atoms with Crippen molar-refractivity contribution in [1.82, 2.24) is 15.3 Å². The summed E-state index contributed by atoms with van der Waals surface area (Å²) in [5.41, 5.74) is 1.35. The maximum Gasteiger partial charge on any atom is 0.151 e. The van der Waals surface area contributed by atoms with E-state index >= 15 is 0 Å². The number of aromatic nitrogens is 2. The molecule has 4 heteroatoms. The second kappa shape index (κ2) is 4.05. The summed E-state index contributed by atoms with van der Waals surface area (Å²) in [6, 6.07) is 5.19. The normalized spacial score (nSPS) is 23.4. The van der Waals surface area contributed by atoms with Gasteiger partial charge in [0, 0.05) is 0 Å². The molecule has 1 unspecified atom stereocenters. The van der Waals surface area contributed by atoms with E-state index in [1.54, 1.807) is 6.07 Å². The molecule has 1 atom stereocenters. The molecule has 3 rings (SSSR count). The molecule has 18 heavy (non-hydrogen) atoms. The predicted molar refractivity (Wildman–Crippen MR) is 69.8 cm³/mol. The van der Waals surface area contributed by atoms with Crippen LogP contribution in [0.25, 0.3) is 11.0 Å². The van der Waals surface area contributed by atoms with Gasteiger partial charge in [-0.05, 0) is 36.9 Å². The van der Waals surface area contributed by atoms with Crippen molar-refractivity contribution < 1.29 is 4.39 Å². The first-order valence-electron chi connectivity index (χ1n) is 6.45. The summed E-state index contributed by atoms with van der Waals surface area (Å²) in [6.45, 7) is 5.45. The van der Waals surface area contributed by atoms with Crippen molar-refractivity contribution >= 4 is 11.0 Å². The quantitative estimate of drug-likeness (QED) is 0.812. The molecule has 2 aromatic rings. The number of hydrogen-bond donors (Lipinski definition) is 2. The zero-order valence-electron chi connectivity index (χ0n) is 10.8. The third-order valence-corrected chi connectivity index (χ3v) is 3.88. The second-order valence-electron chi connectivity index (χ2n) is 5.74. The molecule has 1 saturated heterocycles. The first-order valence-corrected chi connectivity index (χ1v) is 6.45. The Morgan fingerprint density at radius 1 is 1.39 bits per heavy atom. The van der Waals surface area contributed by atoms with Crippen LogP contribution >= 0.6 is 0 Å². The number of nitrogens with one attached hydrogen (secondary N) is 2. The molecule has 1 aromatic heterocycles. The van der Waals surface area contributed by atoms with Gasteiger partial charge in [-0.2, -0.15) is 0 Å². The van der Waals surface area contributed by atoms with E-state index in [4.69, 9.17) is 0 Å². The predicted octanol–water partition coefficient (Wildman–Crippen LogP) is 3.15. The van der Waals surface area contributed by atoms with Gasteiger partial charge in [0.15, 0.2) is 5.82 Å². The Kier molecular flexibility index (Phi) is 2.63. The van der Waals surface area contributed by atoms with Crippen molar-refractivity contribution in [2.24, 2.45) is 5.41 Å². The smallest absolute Gasteiger partial charge is 0.151 e. The highest BCUT2D eigenvalue weighted by atomic mass is 19.1. The number of piperidine rings is 1. The van der Waals surface area contributed by atoms with Gasteiger partial charge in [-0.1, -0.05) is 19.9 Å². The SMILES string of the molecule is CC1(C)CCCNC1c1nc2c(F)cccc2[nH]1. The highest BCUT2D eigenvalue weighted by Gasteiger charge is 2.35. The van der Waals surface area contributed by atoms with Gasteiger partial charge in [0.2, 0.25) is 0 Å². The maximum atomic E-state index is 13.7. The molecule has 2 heterocycles. The maximum absolute atomic E-state index is 13.7. The zero-order valence-corrected chi connectivity index (χ0v) is 10.8. The van der Waals surface area contributed by atoms with Crippen LogP contribution in [0, 0.1) is 11.2 Å². The van der Waals surface area contributed by atoms with Crippen LogP contribution in [0.4, 0.5) is 4.39 Å². The molecule has 1 aliphatic rings. The van der Waals surface area contributed by atoms with Crippen LogP contribution in [0.3, 0.4) is 0 Å². The third kappa shape index (κ3) is 1.81. The zero-order chi connectivity index (χ0) is 12.8. The Labute approximate surface area is 106 Å². The number of hydrogen-bond acceptors (Lipinski definition) is 2. The van der Waals surface area contributed by atoms with Crippen LogP contribution < -0.4 is 5.32 Å². The van der Waals surface area contributed by atoms with Crippen molar-refractivity contribution in [3.63, 3.8) is 0 Å². The summed E-state index contributed by atoms with van der Waals surface area (Å²) in [4.78, 5) is 7.69. The fourth-order valence-electron chi connectivity index (χ4n) is 2.83. The van der Waals surface area contributed by atoms with Crippen molar-refractivity contribution in [3.05, 3.63) is 29.8 Å². The topological polar surface area (TPSA) is 40.7 Å². The lowest BCUT2D eigenvalue weighted by Gasteiger charge is -2.38. The molecular formula is C14H18FN3. The molecule has 0 spiro atoms. The summed E-state index contributed by atoms with van der Waals surface area (Å²) >= 11 is 0. The average Bonchev–Trinajstić information content (AvgIpc) is 2.73. The molecule has 0 saturated carbocycles. The Bertz CT molecular complexity index is 573. The third-order valence-electron chi connectivity index (χ3n) is 3.88. The van der Waals surface area contributed by atoms with Crippen LogP contribution in [0.1, 0.15) is 38.6 Å². The van der Waals surface area contributed by atoms with Gasteiger partial charge in [0.05, 0.1) is 11.6 Å². The number of para-hydroxylation sites is 1. The Balaban J connectivity index is 2.06. The van der Waals surface area contributed by atoms with Gasteiger partial charge in [0.25, 0.3) is 0 Å². The molecule has 1 aliphatic heterocycles. The highest BCUT2D eigenvalue weighted by molar-refractivity contribution is 5.75. The summed E-state index contributed by atoms with van der Waals surface area (Å²) < 4.78 is 13.7. The standard InChI is InChI=1S/C14H18FN3/c1-14(2)7-4-8-16-12(14)13-17-10-6-3-5-9(15)11(10)18-13/h3,5-6,12,16H,4,7-8H2,1-2H3,(H,17,18). The second-order valence-corrected chi connectivity index (χ2v) is 5.74. The summed E-state index contributed by atoms with van der Waals surface area (Å²) in [6.07, 6.45) is 2.34. The van der Waals surface area contributed by atoms with Gasteiger partial charge in [0.1, 0.15) is 11.3 Å². The van der Waals surface area contributed by atoms with E-state index in [2.05, 4.69) is 29.1 Å². The molecule has 1 aromatic carbocycles. The minimum Gasteiger partial charge on any atom is -0.341 e. The number of fused-ring (bicyclic) bond motifs is 1. The number of benzene rings is 1. The lowest BCUT2D eigenvalue weighted by molar-refractivity contribution is 0.175. The van der Waals surface area contributed by atoms with Crippen LogP contribution in [0.2, 0.25) is 0 Å². The summed E-state index contributed by atoms with van der Waals surface area (Å²) in [5.74, 6) is 0.586. The molecule has 0 amide bonds. The van der Waals surface area contributed by atoms with Crippen LogP contribution in [0.5, 0.6) is 0 Å². The Hall–Kier alpha value is -1.42. The fraction of sp³-hybridized carbons (Fsp3) is 0.500. The van der Waals surface area contributed by atoms with Gasteiger partial charge in [-0.25, -0.2) is 9.37 Å². The molecule has 3 nitrogen and oxygen atoms in total. The molecule has 1 fully saturated rings. The molecule has 0 radical (unpaired) electrons. The van der Waals surface area contributed by atoms with Gasteiger partial charge in [-0.3, -0.25) is 0 Å². The Morgan fingerprint density at radius 2 is 2.22 bits per heavy atom. The van der Waals surface area contributed by atoms with E-state index in [9.17, 15) is 4.39 Å². The van der Waals surface area contributed by atoms with Crippen LogP contribution in [-0.4, -0.2) is 16.5 Å². The number of H-pyrrole nitrogens is 1. The molecule has 0 aliphatic carbocycles. The number of nitrogens with zero attached hydrogens (tertiary/aromatic N) is 1. The number of imidazole rings is 1. The Morgan fingerprint density at radius 3 is 2.94 bits per heavy atom. The van der Waals surface area contributed by atoms with Gasteiger partial charge < -0.3 is 10.3 Å². The first kappa shape index (κ1) is 11.7. The minimum atomic E-state index is -0.261. The van der Waals surface area contributed by atoms with E-state index in [0.29, 0.717) is 5.52 Å². The van der Waals surface area contributed by atoms with Gasteiger partial charge in [-0.15, -0.1) is 0 Å². The number of halogens is 1. The van der Waals surface area contributed by atoms with E-state index in [1.807, 2.05) is 6.07 Å². The highest BCUT2D eigenvalue weighted by Crippen LogP contribution is 2.39. The van der Waals surface area contributed by atoms with Crippen LogP contribution in [0.15, 0.2) is 18.2 Å². The molecule has 2 N–H and O–H groups in total. The van der Waals surface area contributed by atoms with Crippen molar-refractivity contribution in [2.75, 3.05) is 6.54 Å². The molecule has 0 bridgehead atoms. The van der Waals surface area contributed by atoms with E-state index in [1.165, 1.54) is 12.5 Å². The first-order chi connectivity index (χ1) is 8.58. The minimum absolute atomic E-state index is 0.141. The van der Waals surface area contributed by atoms with Crippen molar-refractivity contribution in [2.45, 2.75) is 32.7 Å². The van der Waals surface area contributed by atoms with E-state index in [-0.39, 0.29) is 17.3 Å². The monoisotopic (exact) mass is 247 g/mol. The molecular weight excluding hydrogens is 229 g/mol. The largest absolute Gasteiger partial charge is 0.341 e. The molecule has 96 valence electrons. The van der Waals surface area contributed by atoms with E-state index in [0.717, 1.165) is 24.3 Å². The average molecular weight is 247 g/mol. The number of rotatable bonds is 1. The van der Waals surface area contributed by atoms with E-state index < -0.39 is 0 Å². The lowest BCUT2D eigenvalue weighted by Crippen LogP contribution is -2.40. The van der Waals surface area contributed by atoms with Gasteiger partial charge >= 0.3 is 0 Å². The number of aromatic amines is 1. The van der Waals surface area contributed by atoms with Crippen molar-refractivity contribution in [1.29, 1.82) is 0 Å². The fourth-order valence-corrected chi connectivity index (χ4v) is 2.83. The van der Waals surface area contributed by atoms with Crippen molar-refractivity contribution in [3.8, 4) is 0 Å².